The van der Waals surface area contributed by atoms with Crippen molar-refractivity contribution >= 4 is 30.4 Å². The number of hydrogen-bond acceptors (Lipinski definition) is 4. The van der Waals surface area contributed by atoms with E-state index in [9.17, 15) is 14.4 Å². The number of rotatable bonds is 5. The Hall–Kier alpha value is -1.24. The van der Waals surface area contributed by atoms with E-state index in [0.717, 1.165) is 0 Å². The summed E-state index contributed by atoms with van der Waals surface area (Å²) in [6, 6.07) is -0.806. The second kappa shape index (κ2) is 6.25. The lowest BCUT2D eigenvalue weighted by atomic mass is 10.3. The smallest absolute Gasteiger partial charge is 0.240 e. The first-order valence-corrected chi connectivity index (χ1v) is 4.54. The Kier molecular flexibility index (Phi) is 5.70. The lowest BCUT2D eigenvalue weighted by Gasteiger charge is -2.12. The lowest BCUT2D eigenvalue weighted by molar-refractivity contribution is -0.127. The predicted molar refractivity (Wildman–Crippen MR) is 53.7 cm³/mol. The van der Waals surface area contributed by atoms with Gasteiger partial charge in [0.15, 0.2) is 0 Å². The number of nitrogens with two attached hydrogens (primary N) is 1. The quantitative estimate of drug-likeness (QED) is 0.403. The molecule has 0 aliphatic rings. The molecule has 7 heteroatoms. The van der Waals surface area contributed by atoms with Gasteiger partial charge in [-0.05, 0) is 0 Å². The van der Waals surface area contributed by atoms with Gasteiger partial charge in [0, 0.05) is 12.7 Å². The molecule has 6 nitrogen and oxygen atoms in total. The van der Waals surface area contributed by atoms with E-state index in [-0.39, 0.29) is 18.2 Å². The van der Waals surface area contributed by atoms with Crippen molar-refractivity contribution in [2.24, 2.45) is 5.73 Å². The van der Waals surface area contributed by atoms with Gasteiger partial charge >= 0.3 is 0 Å². The lowest BCUT2D eigenvalue weighted by Crippen LogP contribution is -2.48. The molecule has 0 fully saturated rings. The minimum atomic E-state index is -0.806. The molecule has 0 spiro atoms. The Morgan fingerprint density at radius 1 is 1.43 bits per heavy atom. The van der Waals surface area contributed by atoms with Crippen LogP contribution in [0.5, 0.6) is 0 Å². The van der Waals surface area contributed by atoms with Crippen LogP contribution in [0.15, 0.2) is 0 Å². The van der Waals surface area contributed by atoms with Gasteiger partial charge in [-0.25, -0.2) is 0 Å². The maximum atomic E-state index is 11.1. The number of nitrogens with one attached hydrogen (secondary N) is 2. The highest BCUT2D eigenvalue weighted by atomic mass is 32.1. The topological polar surface area (TPSA) is 101 Å². The Balaban J connectivity index is 3.91. The summed E-state index contributed by atoms with van der Waals surface area (Å²) in [5.74, 6) is -1.32. The van der Waals surface area contributed by atoms with E-state index in [1.54, 1.807) is 0 Å². The average molecular weight is 219 g/mol. The van der Waals surface area contributed by atoms with E-state index < -0.39 is 17.9 Å². The van der Waals surface area contributed by atoms with Gasteiger partial charge in [0.25, 0.3) is 0 Å². The highest BCUT2D eigenvalue weighted by Gasteiger charge is 2.15. The zero-order valence-electron chi connectivity index (χ0n) is 7.74. The van der Waals surface area contributed by atoms with Crippen molar-refractivity contribution in [3.05, 3.63) is 0 Å². The van der Waals surface area contributed by atoms with E-state index in [1.165, 1.54) is 6.92 Å². The number of hydrogen-bond donors (Lipinski definition) is 4. The SMILES string of the molecule is CC(=O)NCC(=O)N[C@@H](CS)C(N)=O. The van der Waals surface area contributed by atoms with Crippen LogP contribution in [-0.2, 0) is 14.4 Å². The van der Waals surface area contributed by atoms with Crippen molar-refractivity contribution < 1.29 is 14.4 Å². The number of amides is 3. The summed E-state index contributed by atoms with van der Waals surface area (Å²) in [6.45, 7) is 1.12. The van der Waals surface area contributed by atoms with Gasteiger partial charge in [-0.3, -0.25) is 14.4 Å². The van der Waals surface area contributed by atoms with Crippen LogP contribution in [0.3, 0.4) is 0 Å². The molecule has 14 heavy (non-hydrogen) atoms. The van der Waals surface area contributed by atoms with Crippen molar-refractivity contribution in [1.82, 2.24) is 10.6 Å². The molecule has 0 heterocycles. The third kappa shape index (κ3) is 5.41. The maximum Gasteiger partial charge on any atom is 0.240 e. The highest BCUT2D eigenvalue weighted by Crippen LogP contribution is 1.85. The summed E-state index contributed by atoms with van der Waals surface area (Å²) >= 11 is 3.84. The Morgan fingerprint density at radius 3 is 2.36 bits per heavy atom. The molecule has 0 aromatic rings. The first-order chi connectivity index (χ1) is 6.47. The minimum Gasteiger partial charge on any atom is -0.368 e. The molecular weight excluding hydrogens is 206 g/mol. The summed E-state index contributed by atoms with van der Waals surface area (Å²) in [5, 5.41) is 4.60. The van der Waals surface area contributed by atoms with Gasteiger partial charge < -0.3 is 16.4 Å². The summed E-state index contributed by atoms with van der Waals surface area (Å²) in [6.07, 6.45) is 0. The summed E-state index contributed by atoms with van der Waals surface area (Å²) in [4.78, 5) is 32.2. The summed E-state index contributed by atoms with van der Waals surface area (Å²) < 4.78 is 0. The molecule has 0 unspecified atom stereocenters. The molecule has 0 radical (unpaired) electrons. The van der Waals surface area contributed by atoms with E-state index >= 15 is 0 Å². The van der Waals surface area contributed by atoms with Crippen LogP contribution in [0.25, 0.3) is 0 Å². The Labute approximate surface area is 87.0 Å². The van der Waals surface area contributed by atoms with Crippen molar-refractivity contribution in [3.8, 4) is 0 Å². The molecule has 0 aliphatic carbocycles. The van der Waals surface area contributed by atoms with Crippen LogP contribution in [0, 0.1) is 0 Å². The Bertz CT molecular complexity index is 244. The van der Waals surface area contributed by atoms with Crippen molar-refractivity contribution in [3.63, 3.8) is 0 Å². The van der Waals surface area contributed by atoms with Crippen LogP contribution in [0.1, 0.15) is 6.92 Å². The van der Waals surface area contributed by atoms with Gasteiger partial charge in [-0.1, -0.05) is 0 Å². The summed E-state index contributed by atoms with van der Waals surface area (Å²) in [7, 11) is 0. The van der Waals surface area contributed by atoms with E-state index in [2.05, 4.69) is 23.3 Å². The molecule has 1 atom stereocenters. The summed E-state index contributed by atoms with van der Waals surface area (Å²) in [5.41, 5.74) is 4.96. The van der Waals surface area contributed by atoms with Gasteiger partial charge in [0.2, 0.25) is 17.7 Å². The molecule has 0 aromatic carbocycles. The standard InChI is InChI=1S/C7H13N3O3S/c1-4(11)9-2-6(12)10-5(3-14)7(8)13/h5,14H,2-3H2,1H3,(H2,8,13)(H,9,11)(H,10,12)/t5-/m0/s1. The van der Waals surface area contributed by atoms with Gasteiger partial charge in [0.05, 0.1) is 6.54 Å². The molecular formula is C7H13N3O3S. The van der Waals surface area contributed by atoms with Crippen LogP contribution in [-0.4, -0.2) is 36.1 Å². The molecule has 4 N–H and O–H groups in total. The number of carbonyl (C=O) groups excluding carboxylic acids is 3. The van der Waals surface area contributed by atoms with Crippen molar-refractivity contribution in [2.75, 3.05) is 12.3 Å². The normalized spacial score (nSPS) is 11.6. The molecule has 0 saturated heterocycles. The van der Waals surface area contributed by atoms with Crippen LogP contribution < -0.4 is 16.4 Å². The number of carbonyl (C=O) groups is 3. The van der Waals surface area contributed by atoms with Crippen LogP contribution >= 0.6 is 12.6 Å². The molecule has 0 rings (SSSR count). The second-order valence-corrected chi connectivity index (χ2v) is 2.98. The second-order valence-electron chi connectivity index (χ2n) is 2.61. The zero-order chi connectivity index (χ0) is 11.1. The fourth-order valence-electron chi connectivity index (χ4n) is 0.657. The van der Waals surface area contributed by atoms with Crippen molar-refractivity contribution in [2.45, 2.75) is 13.0 Å². The fourth-order valence-corrected chi connectivity index (χ4v) is 0.928. The fraction of sp³-hybridized carbons (Fsp3) is 0.571. The molecule has 80 valence electrons. The molecule has 0 bridgehead atoms. The first kappa shape index (κ1) is 12.8. The maximum absolute atomic E-state index is 11.1. The zero-order valence-corrected chi connectivity index (χ0v) is 8.64. The van der Waals surface area contributed by atoms with E-state index in [0.29, 0.717) is 0 Å². The Morgan fingerprint density at radius 2 is 2.00 bits per heavy atom. The highest BCUT2D eigenvalue weighted by molar-refractivity contribution is 7.80. The van der Waals surface area contributed by atoms with E-state index in [1.807, 2.05) is 0 Å². The molecule has 0 saturated carbocycles. The minimum absolute atomic E-state index is 0.126. The average Bonchev–Trinajstić information content (AvgIpc) is 2.10. The molecule has 0 aliphatic heterocycles. The predicted octanol–water partition coefficient (Wildman–Crippen LogP) is -1.98. The van der Waals surface area contributed by atoms with Crippen LogP contribution in [0.2, 0.25) is 0 Å². The number of primary amides is 1. The van der Waals surface area contributed by atoms with Crippen molar-refractivity contribution in [1.29, 1.82) is 0 Å². The first-order valence-electron chi connectivity index (χ1n) is 3.91. The van der Waals surface area contributed by atoms with Gasteiger partial charge in [-0.2, -0.15) is 12.6 Å². The third-order valence-electron chi connectivity index (χ3n) is 1.36. The molecule has 0 aromatic heterocycles. The number of thiol groups is 1. The molecule has 3 amide bonds. The van der Waals surface area contributed by atoms with Gasteiger partial charge in [0.1, 0.15) is 6.04 Å². The third-order valence-corrected chi connectivity index (χ3v) is 1.72. The van der Waals surface area contributed by atoms with E-state index in [4.69, 9.17) is 5.73 Å². The monoisotopic (exact) mass is 219 g/mol. The van der Waals surface area contributed by atoms with Gasteiger partial charge in [-0.15, -0.1) is 0 Å². The van der Waals surface area contributed by atoms with Crippen LogP contribution in [0.4, 0.5) is 0 Å². The largest absolute Gasteiger partial charge is 0.368 e.